The van der Waals surface area contributed by atoms with Crippen molar-refractivity contribution in [2.45, 2.75) is 24.5 Å². The topological polar surface area (TPSA) is 24.9 Å². The summed E-state index contributed by atoms with van der Waals surface area (Å²) in [6, 6.07) is 0. The Hall–Kier alpha value is -0.220. The predicted molar refractivity (Wildman–Crippen MR) is 60.8 cm³/mol. The summed E-state index contributed by atoms with van der Waals surface area (Å²) < 4.78 is 0.527. The van der Waals surface area contributed by atoms with Crippen LogP contribution in [0, 0.1) is 6.92 Å². The van der Waals surface area contributed by atoms with E-state index in [1.807, 2.05) is 18.7 Å². The molecule has 0 bridgehead atoms. The third kappa shape index (κ3) is 2.17. The molecule has 0 radical (unpaired) electrons. The maximum absolute atomic E-state index is 4.37. The number of aryl methyl sites for hydroxylation is 1. The monoisotopic (exact) mass is 214 g/mol. The Morgan fingerprint density at radius 3 is 2.92 bits per heavy atom. The molecule has 0 amide bonds. The largest absolute Gasteiger partial charge is 0.360 e. The number of nitrogens with one attached hydrogen (secondary N) is 1. The van der Waals surface area contributed by atoms with E-state index in [9.17, 15) is 0 Å². The van der Waals surface area contributed by atoms with Crippen molar-refractivity contribution in [2.75, 3.05) is 18.1 Å². The normalized spacial score (nSPS) is 18.6. The number of thioether (sulfide) groups is 1. The van der Waals surface area contributed by atoms with Gasteiger partial charge in [0.05, 0.1) is 5.69 Å². The molecular formula is C9H14N2S2. The van der Waals surface area contributed by atoms with Gasteiger partial charge < -0.3 is 5.32 Å². The zero-order valence-electron chi connectivity index (χ0n) is 7.96. The standard InChI is InChI=1S/C9H14N2S2/c1-7-5-13-8(11-7)10-6-9(12-2)3-4-9/h5H,3-4,6H2,1-2H3,(H,10,11). The summed E-state index contributed by atoms with van der Waals surface area (Å²) in [6.45, 7) is 3.10. The molecular weight excluding hydrogens is 200 g/mol. The highest BCUT2D eigenvalue weighted by atomic mass is 32.2. The van der Waals surface area contributed by atoms with Crippen LogP contribution in [-0.2, 0) is 0 Å². The first kappa shape index (κ1) is 9.34. The van der Waals surface area contributed by atoms with E-state index in [4.69, 9.17) is 0 Å². The summed E-state index contributed by atoms with van der Waals surface area (Å²) in [6.07, 6.45) is 4.90. The molecule has 2 rings (SSSR count). The zero-order chi connectivity index (χ0) is 9.31. The van der Waals surface area contributed by atoms with E-state index in [0.717, 1.165) is 17.4 Å². The van der Waals surface area contributed by atoms with Gasteiger partial charge in [-0.25, -0.2) is 4.98 Å². The van der Waals surface area contributed by atoms with Gasteiger partial charge in [-0.05, 0) is 26.0 Å². The van der Waals surface area contributed by atoms with Crippen molar-refractivity contribution < 1.29 is 0 Å². The van der Waals surface area contributed by atoms with E-state index in [1.165, 1.54) is 12.8 Å². The average Bonchev–Trinajstić information content (AvgIpc) is 2.81. The van der Waals surface area contributed by atoms with Crippen LogP contribution in [0.4, 0.5) is 5.13 Å². The minimum absolute atomic E-state index is 0.527. The number of thiazole rings is 1. The summed E-state index contributed by atoms with van der Waals surface area (Å²) in [7, 11) is 0. The van der Waals surface area contributed by atoms with E-state index in [0.29, 0.717) is 4.75 Å². The fraction of sp³-hybridized carbons (Fsp3) is 0.667. The lowest BCUT2D eigenvalue weighted by Crippen LogP contribution is -2.17. The van der Waals surface area contributed by atoms with Crippen molar-refractivity contribution in [3.8, 4) is 0 Å². The van der Waals surface area contributed by atoms with Gasteiger partial charge in [0.2, 0.25) is 0 Å². The van der Waals surface area contributed by atoms with Gasteiger partial charge in [0, 0.05) is 16.7 Å². The average molecular weight is 214 g/mol. The van der Waals surface area contributed by atoms with E-state index in [2.05, 4.69) is 21.9 Å². The Morgan fingerprint density at radius 2 is 2.46 bits per heavy atom. The highest BCUT2D eigenvalue weighted by molar-refractivity contribution is 8.00. The van der Waals surface area contributed by atoms with Crippen LogP contribution in [0.1, 0.15) is 18.5 Å². The molecule has 72 valence electrons. The number of nitrogens with zero attached hydrogens (tertiary/aromatic N) is 1. The maximum Gasteiger partial charge on any atom is 0.182 e. The van der Waals surface area contributed by atoms with Crippen LogP contribution < -0.4 is 5.32 Å². The third-order valence-corrected chi connectivity index (χ3v) is 4.76. The molecule has 0 saturated heterocycles. The second kappa shape index (κ2) is 3.50. The summed E-state index contributed by atoms with van der Waals surface area (Å²) in [5, 5.41) is 6.56. The Morgan fingerprint density at radius 1 is 1.69 bits per heavy atom. The number of aromatic nitrogens is 1. The minimum Gasteiger partial charge on any atom is -0.360 e. The van der Waals surface area contributed by atoms with Crippen LogP contribution in [-0.4, -0.2) is 22.5 Å². The Labute approximate surface area is 87.1 Å². The smallest absolute Gasteiger partial charge is 0.182 e. The summed E-state index contributed by atoms with van der Waals surface area (Å²) in [5.74, 6) is 0. The van der Waals surface area contributed by atoms with Crippen LogP contribution >= 0.6 is 23.1 Å². The highest BCUT2D eigenvalue weighted by Crippen LogP contribution is 2.47. The van der Waals surface area contributed by atoms with E-state index in [-0.39, 0.29) is 0 Å². The Balaban J connectivity index is 1.86. The molecule has 1 N–H and O–H groups in total. The number of rotatable bonds is 4. The molecule has 0 unspecified atom stereocenters. The van der Waals surface area contributed by atoms with Crippen LogP contribution in [0.15, 0.2) is 5.38 Å². The molecule has 1 fully saturated rings. The van der Waals surface area contributed by atoms with E-state index >= 15 is 0 Å². The van der Waals surface area contributed by atoms with Gasteiger partial charge >= 0.3 is 0 Å². The van der Waals surface area contributed by atoms with Gasteiger partial charge in [-0.15, -0.1) is 11.3 Å². The number of anilines is 1. The molecule has 2 nitrogen and oxygen atoms in total. The fourth-order valence-corrected chi connectivity index (χ4v) is 2.68. The molecule has 1 aromatic rings. The van der Waals surface area contributed by atoms with Crippen molar-refractivity contribution in [3.63, 3.8) is 0 Å². The first-order valence-corrected chi connectivity index (χ1v) is 6.56. The lowest BCUT2D eigenvalue weighted by Gasteiger charge is -2.11. The SMILES string of the molecule is CSC1(CNc2nc(C)cs2)CC1. The fourth-order valence-electron chi connectivity index (χ4n) is 1.26. The molecule has 0 spiro atoms. The Kier molecular flexibility index (Phi) is 2.51. The van der Waals surface area contributed by atoms with Crippen LogP contribution in [0.3, 0.4) is 0 Å². The lowest BCUT2D eigenvalue weighted by atomic mass is 10.4. The lowest BCUT2D eigenvalue weighted by molar-refractivity contribution is 0.945. The molecule has 1 aliphatic carbocycles. The Bertz CT molecular complexity index is 292. The van der Waals surface area contributed by atoms with Crippen molar-refractivity contribution in [1.29, 1.82) is 0 Å². The second-order valence-electron chi connectivity index (χ2n) is 3.53. The molecule has 0 aromatic carbocycles. The molecule has 0 atom stereocenters. The van der Waals surface area contributed by atoms with Crippen molar-refractivity contribution in [3.05, 3.63) is 11.1 Å². The molecule has 0 aliphatic heterocycles. The molecule has 1 saturated carbocycles. The summed E-state index contributed by atoms with van der Waals surface area (Å²) in [4.78, 5) is 4.37. The number of hydrogen-bond acceptors (Lipinski definition) is 4. The van der Waals surface area contributed by atoms with Crippen LogP contribution in [0.25, 0.3) is 0 Å². The maximum atomic E-state index is 4.37. The first-order valence-electron chi connectivity index (χ1n) is 4.45. The van der Waals surface area contributed by atoms with Gasteiger partial charge in [0.25, 0.3) is 0 Å². The highest BCUT2D eigenvalue weighted by Gasteiger charge is 2.41. The zero-order valence-corrected chi connectivity index (χ0v) is 9.60. The quantitative estimate of drug-likeness (QED) is 0.834. The van der Waals surface area contributed by atoms with Crippen molar-refractivity contribution in [1.82, 2.24) is 4.98 Å². The van der Waals surface area contributed by atoms with Gasteiger partial charge in [0.1, 0.15) is 0 Å². The molecule has 1 heterocycles. The number of hydrogen-bond donors (Lipinski definition) is 1. The summed E-state index contributed by atoms with van der Waals surface area (Å²) in [5.41, 5.74) is 1.11. The van der Waals surface area contributed by atoms with Gasteiger partial charge in [-0.3, -0.25) is 0 Å². The van der Waals surface area contributed by atoms with Crippen molar-refractivity contribution in [2.24, 2.45) is 0 Å². The van der Waals surface area contributed by atoms with Crippen LogP contribution in [0.5, 0.6) is 0 Å². The third-order valence-electron chi connectivity index (χ3n) is 2.42. The summed E-state index contributed by atoms with van der Waals surface area (Å²) >= 11 is 3.68. The van der Waals surface area contributed by atoms with Crippen molar-refractivity contribution >= 4 is 28.2 Å². The van der Waals surface area contributed by atoms with E-state index < -0.39 is 0 Å². The molecule has 4 heteroatoms. The van der Waals surface area contributed by atoms with Gasteiger partial charge in [0.15, 0.2) is 5.13 Å². The van der Waals surface area contributed by atoms with Gasteiger partial charge in [-0.1, -0.05) is 0 Å². The predicted octanol–water partition coefficient (Wildman–Crippen LogP) is 2.76. The van der Waals surface area contributed by atoms with Gasteiger partial charge in [-0.2, -0.15) is 11.8 Å². The van der Waals surface area contributed by atoms with E-state index in [1.54, 1.807) is 11.3 Å². The molecule has 1 aromatic heterocycles. The second-order valence-corrected chi connectivity index (χ2v) is 5.67. The van der Waals surface area contributed by atoms with Crippen LogP contribution in [0.2, 0.25) is 0 Å². The molecule has 13 heavy (non-hydrogen) atoms. The minimum atomic E-state index is 0.527. The first-order chi connectivity index (χ1) is 6.24. The molecule has 1 aliphatic rings.